The Hall–Kier alpha value is -1.10. The first-order valence-corrected chi connectivity index (χ1v) is 6.90. The number of amides is 2. The normalized spacial score (nSPS) is 23.4. The largest absolute Gasteiger partial charge is 0.355 e. The molecule has 18 heavy (non-hydrogen) atoms. The van der Waals surface area contributed by atoms with Crippen LogP contribution in [0, 0.1) is 5.41 Å². The number of carbonyl (C=O) groups excluding carboxylic acids is 2. The molecule has 0 saturated carbocycles. The first-order chi connectivity index (χ1) is 8.64. The third kappa shape index (κ3) is 3.98. The molecule has 1 saturated heterocycles. The van der Waals surface area contributed by atoms with Gasteiger partial charge < -0.3 is 16.0 Å². The van der Waals surface area contributed by atoms with E-state index in [1.54, 1.807) is 0 Å². The van der Waals surface area contributed by atoms with Gasteiger partial charge in [0.05, 0.1) is 12.0 Å². The third-order valence-corrected chi connectivity index (χ3v) is 3.61. The first-order valence-electron chi connectivity index (χ1n) is 6.90. The summed E-state index contributed by atoms with van der Waals surface area (Å²) in [4.78, 5) is 23.6. The smallest absolute Gasteiger partial charge is 0.239 e. The van der Waals surface area contributed by atoms with Crippen molar-refractivity contribution in [2.24, 2.45) is 5.41 Å². The Morgan fingerprint density at radius 1 is 1.28 bits per heavy atom. The average Bonchev–Trinajstić information content (AvgIpc) is 2.43. The van der Waals surface area contributed by atoms with Crippen molar-refractivity contribution in [3.63, 3.8) is 0 Å². The minimum Gasteiger partial charge on any atom is -0.355 e. The van der Waals surface area contributed by atoms with Crippen LogP contribution in [-0.4, -0.2) is 38.0 Å². The maximum Gasteiger partial charge on any atom is 0.239 e. The van der Waals surface area contributed by atoms with Gasteiger partial charge in [-0.3, -0.25) is 9.59 Å². The topological polar surface area (TPSA) is 70.2 Å². The molecule has 0 aromatic carbocycles. The Morgan fingerprint density at radius 3 is 2.61 bits per heavy atom. The lowest BCUT2D eigenvalue weighted by Crippen LogP contribution is -2.51. The van der Waals surface area contributed by atoms with Crippen molar-refractivity contribution in [1.82, 2.24) is 16.0 Å². The molecule has 0 aromatic rings. The van der Waals surface area contributed by atoms with Gasteiger partial charge in [-0.2, -0.15) is 0 Å². The van der Waals surface area contributed by atoms with E-state index in [9.17, 15) is 9.59 Å². The summed E-state index contributed by atoms with van der Waals surface area (Å²) in [5.74, 6) is -0.107. The van der Waals surface area contributed by atoms with Crippen LogP contribution in [0.2, 0.25) is 0 Å². The van der Waals surface area contributed by atoms with Gasteiger partial charge >= 0.3 is 0 Å². The minimum absolute atomic E-state index is 0.00356. The molecule has 0 bridgehead atoms. The molecule has 1 heterocycles. The minimum atomic E-state index is -0.330. The molecule has 1 aliphatic rings. The summed E-state index contributed by atoms with van der Waals surface area (Å²) in [5, 5.41) is 8.78. The Balaban J connectivity index is 2.40. The Bertz CT molecular complexity index is 286. The zero-order chi connectivity index (χ0) is 13.4. The molecule has 1 atom stereocenters. The fraction of sp³-hybridized carbons (Fsp3) is 0.846. The SMILES string of the molecule is CCCNC(=O)CNC(=O)C1(CC)CCCNC1. The Labute approximate surface area is 109 Å². The van der Waals surface area contributed by atoms with Gasteiger partial charge in [-0.15, -0.1) is 0 Å². The molecule has 1 fully saturated rings. The summed E-state index contributed by atoms with van der Waals surface area (Å²) >= 11 is 0. The van der Waals surface area contributed by atoms with E-state index < -0.39 is 0 Å². The molecular weight excluding hydrogens is 230 g/mol. The van der Waals surface area contributed by atoms with Crippen molar-refractivity contribution >= 4 is 11.8 Å². The highest BCUT2D eigenvalue weighted by atomic mass is 16.2. The van der Waals surface area contributed by atoms with Gasteiger partial charge in [0, 0.05) is 13.1 Å². The summed E-state index contributed by atoms with van der Waals surface area (Å²) in [6, 6.07) is 0. The fourth-order valence-corrected chi connectivity index (χ4v) is 2.30. The van der Waals surface area contributed by atoms with Gasteiger partial charge in [-0.1, -0.05) is 13.8 Å². The molecule has 5 heteroatoms. The standard InChI is InChI=1S/C13H25N3O2/c1-3-7-15-11(17)9-16-12(18)13(4-2)6-5-8-14-10-13/h14H,3-10H2,1-2H3,(H,15,17)(H,16,18). The van der Waals surface area contributed by atoms with Crippen molar-refractivity contribution in [2.75, 3.05) is 26.2 Å². The zero-order valence-electron chi connectivity index (χ0n) is 11.5. The van der Waals surface area contributed by atoms with Crippen LogP contribution in [-0.2, 0) is 9.59 Å². The lowest BCUT2D eigenvalue weighted by Gasteiger charge is -2.35. The zero-order valence-corrected chi connectivity index (χ0v) is 11.5. The first kappa shape index (κ1) is 15.0. The van der Waals surface area contributed by atoms with Crippen molar-refractivity contribution in [3.05, 3.63) is 0 Å². The average molecular weight is 255 g/mol. The lowest BCUT2D eigenvalue weighted by molar-refractivity contribution is -0.134. The second kappa shape index (κ2) is 7.36. The van der Waals surface area contributed by atoms with Crippen LogP contribution >= 0.6 is 0 Å². The van der Waals surface area contributed by atoms with E-state index in [0.29, 0.717) is 13.1 Å². The molecular formula is C13H25N3O2. The summed E-state index contributed by atoms with van der Waals surface area (Å²) in [6.07, 6.45) is 3.63. The van der Waals surface area contributed by atoms with Crippen LogP contribution in [0.5, 0.6) is 0 Å². The molecule has 0 radical (unpaired) electrons. The highest BCUT2D eigenvalue weighted by molar-refractivity contribution is 5.88. The van der Waals surface area contributed by atoms with Gasteiger partial charge in [0.1, 0.15) is 0 Å². The quantitative estimate of drug-likeness (QED) is 0.644. The van der Waals surface area contributed by atoms with Gasteiger partial charge in [-0.05, 0) is 32.2 Å². The van der Waals surface area contributed by atoms with Gasteiger partial charge in [0.15, 0.2) is 0 Å². The molecule has 1 unspecified atom stereocenters. The molecule has 1 aliphatic heterocycles. The summed E-state index contributed by atoms with van der Waals surface area (Å²) in [7, 11) is 0. The van der Waals surface area contributed by atoms with Crippen LogP contribution in [0.4, 0.5) is 0 Å². The van der Waals surface area contributed by atoms with E-state index in [1.807, 2.05) is 13.8 Å². The van der Waals surface area contributed by atoms with E-state index in [0.717, 1.165) is 32.2 Å². The van der Waals surface area contributed by atoms with Crippen LogP contribution in [0.15, 0.2) is 0 Å². The van der Waals surface area contributed by atoms with Crippen LogP contribution < -0.4 is 16.0 Å². The van der Waals surface area contributed by atoms with Crippen molar-refractivity contribution in [1.29, 1.82) is 0 Å². The van der Waals surface area contributed by atoms with E-state index in [1.165, 1.54) is 0 Å². The summed E-state index contributed by atoms with van der Waals surface area (Å²) < 4.78 is 0. The maximum atomic E-state index is 12.2. The summed E-state index contributed by atoms with van der Waals surface area (Å²) in [6.45, 7) is 6.47. The van der Waals surface area contributed by atoms with Gasteiger partial charge in [-0.25, -0.2) is 0 Å². The Morgan fingerprint density at radius 2 is 2.06 bits per heavy atom. The Kier molecular flexibility index (Phi) is 6.12. The second-order valence-corrected chi connectivity index (χ2v) is 4.95. The van der Waals surface area contributed by atoms with E-state index >= 15 is 0 Å². The van der Waals surface area contributed by atoms with E-state index in [2.05, 4.69) is 16.0 Å². The molecule has 2 amide bonds. The lowest BCUT2D eigenvalue weighted by atomic mass is 9.77. The summed E-state index contributed by atoms with van der Waals surface area (Å²) in [5.41, 5.74) is -0.330. The number of hydrogen-bond donors (Lipinski definition) is 3. The fourth-order valence-electron chi connectivity index (χ4n) is 2.30. The number of hydrogen-bond acceptors (Lipinski definition) is 3. The predicted molar refractivity (Wildman–Crippen MR) is 71.1 cm³/mol. The maximum absolute atomic E-state index is 12.2. The second-order valence-electron chi connectivity index (χ2n) is 4.95. The third-order valence-electron chi connectivity index (χ3n) is 3.61. The van der Waals surface area contributed by atoms with Gasteiger partial charge in [0.2, 0.25) is 11.8 Å². The number of rotatable bonds is 6. The monoisotopic (exact) mass is 255 g/mol. The van der Waals surface area contributed by atoms with Crippen molar-refractivity contribution in [3.8, 4) is 0 Å². The van der Waals surface area contributed by atoms with E-state index in [-0.39, 0.29) is 23.8 Å². The molecule has 0 aliphatic carbocycles. The van der Waals surface area contributed by atoms with Crippen LogP contribution in [0.3, 0.4) is 0 Å². The molecule has 0 aromatic heterocycles. The molecule has 3 N–H and O–H groups in total. The highest BCUT2D eigenvalue weighted by Gasteiger charge is 2.37. The number of piperidine rings is 1. The van der Waals surface area contributed by atoms with E-state index in [4.69, 9.17) is 0 Å². The van der Waals surface area contributed by atoms with Crippen LogP contribution in [0.25, 0.3) is 0 Å². The van der Waals surface area contributed by atoms with Crippen molar-refractivity contribution in [2.45, 2.75) is 39.5 Å². The number of nitrogens with one attached hydrogen (secondary N) is 3. The van der Waals surface area contributed by atoms with Gasteiger partial charge in [0.25, 0.3) is 0 Å². The predicted octanol–water partition coefficient (Wildman–Crippen LogP) is 0.409. The van der Waals surface area contributed by atoms with Crippen LogP contribution in [0.1, 0.15) is 39.5 Å². The highest BCUT2D eigenvalue weighted by Crippen LogP contribution is 2.29. The molecule has 5 nitrogen and oxygen atoms in total. The molecule has 0 spiro atoms. The molecule has 104 valence electrons. The molecule has 1 rings (SSSR count). The van der Waals surface area contributed by atoms with Crippen molar-refractivity contribution < 1.29 is 9.59 Å². The number of carbonyl (C=O) groups is 2.